The second kappa shape index (κ2) is 9.69. The van der Waals surface area contributed by atoms with E-state index in [1.165, 1.54) is 44.9 Å². The van der Waals surface area contributed by atoms with Gasteiger partial charge in [-0.3, -0.25) is 4.79 Å². The summed E-state index contributed by atoms with van der Waals surface area (Å²) in [6, 6.07) is 0. The molecule has 2 fully saturated rings. The molecule has 0 aliphatic heterocycles. The van der Waals surface area contributed by atoms with E-state index in [0.29, 0.717) is 5.92 Å². The molecule has 90 valence electrons. The third-order valence-electron chi connectivity index (χ3n) is 3.19. The minimum atomic E-state index is 0. The predicted octanol–water partition coefficient (Wildman–Crippen LogP) is 3.93. The Kier molecular flexibility index (Phi) is 10.00. The minimum Gasteiger partial charge on any atom is -0.298 e. The average Bonchev–Trinajstić information content (AvgIpc) is 2.91. The molecule has 0 radical (unpaired) electrons. The molecule has 0 aromatic heterocycles. The summed E-state index contributed by atoms with van der Waals surface area (Å²) in [7, 11) is 0. The fourth-order valence-electron chi connectivity index (χ4n) is 2.24. The number of Topliss-reactive ketones (excluding diaryl/α,β-unsaturated/α-hetero) is 1. The first-order chi connectivity index (χ1) is 6.84. The quantitative estimate of drug-likeness (QED) is 0.550. The number of hydrogen-bond donors (Lipinski definition) is 0. The van der Waals surface area contributed by atoms with E-state index in [0.717, 1.165) is 12.8 Å². The van der Waals surface area contributed by atoms with Gasteiger partial charge in [-0.2, -0.15) is 0 Å². The molecule has 2 saturated carbocycles. The van der Waals surface area contributed by atoms with Crippen molar-refractivity contribution >= 4 is 17.4 Å². The maximum Gasteiger partial charge on any atom is 0.150 e. The molecule has 0 aromatic carbocycles. The van der Waals surface area contributed by atoms with Gasteiger partial charge in [0.15, 0.2) is 5.78 Å². The van der Waals surface area contributed by atoms with Crippen molar-refractivity contribution in [1.29, 1.82) is 0 Å². The summed E-state index contributed by atoms with van der Waals surface area (Å²) in [5, 5.41) is 0. The number of carbonyl (C=O) groups excluding carboxylic acids is 1. The van der Waals surface area contributed by atoms with E-state index in [4.69, 9.17) is 11.6 Å². The summed E-state index contributed by atoms with van der Waals surface area (Å²) in [4.78, 5) is 10.9. The molecule has 0 atom stereocenters. The normalized spacial score (nSPS) is 20.3. The van der Waals surface area contributed by atoms with E-state index in [9.17, 15) is 4.79 Å². The number of halogens is 1. The fraction of sp³-hybridized carbons (Fsp3) is 0.917. The molecule has 0 amide bonds. The van der Waals surface area contributed by atoms with Crippen molar-refractivity contribution in [2.75, 3.05) is 5.88 Å². The third kappa shape index (κ3) is 6.60. The van der Waals surface area contributed by atoms with Gasteiger partial charge < -0.3 is 0 Å². The first-order valence-electron chi connectivity index (χ1n) is 5.93. The van der Waals surface area contributed by atoms with Crippen LogP contribution in [0.3, 0.4) is 0 Å². The summed E-state index contributed by atoms with van der Waals surface area (Å²) >= 11 is 5.38. The molecule has 0 spiro atoms. The van der Waals surface area contributed by atoms with Crippen LogP contribution in [0.25, 0.3) is 0 Å². The topological polar surface area (TPSA) is 17.1 Å². The second-order valence-electron chi connectivity index (χ2n) is 4.35. The monoisotopic (exact) mass is 272 g/mol. The number of carbonyl (C=O) groups is 1. The number of ketones is 1. The van der Waals surface area contributed by atoms with E-state index in [1.807, 2.05) is 0 Å². The van der Waals surface area contributed by atoms with Gasteiger partial charge in [0.25, 0.3) is 0 Å². The Bertz CT molecular complexity index is 155. The van der Waals surface area contributed by atoms with Crippen LogP contribution in [0.4, 0.5) is 0 Å². The second-order valence-corrected chi connectivity index (χ2v) is 4.62. The average molecular weight is 273 g/mol. The van der Waals surface area contributed by atoms with Crippen molar-refractivity contribution in [2.24, 2.45) is 5.92 Å². The molecule has 0 bridgehead atoms. The van der Waals surface area contributed by atoms with Gasteiger partial charge in [0.2, 0.25) is 0 Å². The molecule has 1 nitrogen and oxygen atoms in total. The molecule has 0 N–H and O–H groups in total. The van der Waals surface area contributed by atoms with Crippen LogP contribution in [0.1, 0.15) is 57.8 Å². The van der Waals surface area contributed by atoms with Gasteiger partial charge in [-0.1, -0.05) is 44.9 Å². The molecule has 3 heteroatoms. The molecule has 2 aliphatic carbocycles. The van der Waals surface area contributed by atoms with E-state index in [-0.39, 0.29) is 28.7 Å². The molecule has 0 unspecified atom stereocenters. The van der Waals surface area contributed by atoms with Crippen LogP contribution >= 0.6 is 11.6 Å². The maximum absolute atomic E-state index is 10.9. The first-order valence-corrected chi connectivity index (χ1v) is 6.46. The smallest absolute Gasteiger partial charge is 0.150 e. The van der Waals surface area contributed by atoms with Gasteiger partial charge >= 0.3 is 0 Å². The van der Waals surface area contributed by atoms with Crippen LogP contribution in [-0.2, 0) is 21.9 Å². The zero-order chi connectivity index (χ0) is 10.2. The van der Waals surface area contributed by atoms with Crippen molar-refractivity contribution in [1.82, 2.24) is 0 Å². The third-order valence-corrected chi connectivity index (χ3v) is 3.46. The van der Waals surface area contributed by atoms with E-state index < -0.39 is 0 Å². The van der Waals surface area contributed by atoms with Crippen molar-refractivity contribution in [3.8, 4) is 0 Å². The van der Waals surface area contributed by atoms with Gasteiger partial charge in [0.05, 0.1) is 5.88 Å². The van der Waals surface area contributed by atoms with Gasteiger partial charge in [-0.05, 0) is 12.8 Å². The standard InChI is InChI=1S/C7H11ClO.C5H10.Fe/c8-5-7(9)6-3-1-2-4-6;1-2-4-5-3-1;/h6H,1-5H2;1-5H2;. The zero-order valence-electron chi connectivity index (χ0n) is 9.29. The Morgan fingerprint density at radius 3 is 1.67 bits per heavy atom. The van der Waals surface area contributed by atoms with Crippen LogP contribution in [0.15, 0.2) is 0 Å². The van der Waals surface area contributed by atoms with Crippen molar-refractivity contribution in [2.45, 2.75) is 57.8 Å². The summed E-state index contributed by atoms with van der Waals surface area (Å²) in [6.45, 7) is 0. The minimum absolute atomic E-state index is 0. The zero-order valence-corrected chi connectivity index (χ0v) is 11.1. The summed E-state index contributed by atoms with van der Waals surface area (Å²) in [6.07, 6.45) is 12.1. The van der Waals surface area contributed by atoms with Gasteiger partial charge in [0, 0.05) is 23.0 Å². The molecular formula is C12H21ClFeO. The molecule has 2 aliphatic rings. The van der Waals surface area contributed by atoms with Crippen LogP contribution in [0, 0.1) is 5.92 Å². The van der Waals surface area contributed by atoms with E-state index >= 15 is 0 Å². The first kappa shape index (κ1) is 15.5. The Labute approximate surface area is 109 Å². The Morgan fingerprint density at radius 1 is 0.933 bits per heavy atom. The largest absolute Gasteiger partial charge is 0.298 e. The Hall–Kier alpha value is 0.479. The molecule has 0 saturated heterocycles. The van der Waals surface area contributed by atoms with Crippen LogP contribution in [0.5, 0.6) is 0 Å². The van der Waals surface area contributed by atoms with Gasteiger partial charge in [0.1, 0.15) is 0 Å². The number of hydrogen-bond acceptors (Lipinski definition) is 1. The predicted molar refractivity (Wildman–Crippen MR) is 60.8 cm³/mol. The fourth-order valence-corrected chi connectivity index (χ4v) is 2.46. The van der Waals surface area contributed by atoms with Gasteiger partial charge in [-0.15, -0.1) is 11.6 Å². The van der Waals surface area contributed by atoms with E-state index in [2.05, 4.69) is 0 Å². The molecular weight excluding hydrogens is 251 g/mol. The summed E-state index contributed by atoms with van der Waals surface area (Å²) < 4.78 is 0. The summed E-state index contributed by atoms with van der Waals surface area (Å²) in [5.74, 6) is 0.765. The summed E-state index contributed by atoms with van der Waals surface area (Å²) in [5.41, 5.74) is 0. The molecule has 0 heterocycles. The number of alkyl halides is 1. The van der Waals surface area contributed by atoms with Crippen LogP contribution in [-0.4, -0.2) is 11.7 Å². The van der Waals surface area contributed by atoms with E-state index in [1.54, 1.807) is 0 Å². The van der Waals surface area contributed by atoms with Gasteiger partial charge in [-0.25, -0.2) is 0 Å². The van der Waals surface area contributed by atoms with Crippen molar-refractivity contribution in [3.05, 3.63) is 0 Å². The molecule has 2 rings (SSSR count). The van der Waals surface area contributed by atoms with Crippen molar-refractivity contribution < 1.29 is 21.9 Å². The Morgan fingerprint density at radius 2 is 1.33 bits per heavy atom. The number of rotatable bonds is 2. The van der Waals surface area contributed by atoms with Crippen LogP contribution < -0.4 is 0 Å². The van der Waals surface area contributed by atoms with Crippen molar-refractivity contribution in [3.63, 3.8) is 0 Å². The molecule has 15 heavy (non-hydrogen) atoms. The SMILES string of the molecule is C1CCCC1.O=C(CCl)C1CCCC1.[Fe]. The Balaban J connectivity index is 0.000000280. The molecule has 0 aromatic rings. The maximum atomic E-state index is 10.9. The van der Waals surface area contributed by atoms with Crippen LogP contribution in [0.2, 0.25) is 0 Å².